The van der Waals surface area contributed by atoms with E-state index in [2.05, 4.69) is 4.90 Å². The standard InChI is InChI=1S/C16H25N3O2/c1-2-21-14-9-6-10-19(11-14)12-16(18,15(17)20)13-7-4-3-5-8-13/h3-5,7-8,14H,2,6,9-12,18H2,1H3,(H2,17,20). The molecule has 0 spiro atoms. The van der Waals surface area contributed by atoms with Gasteiger partial charge in [0.1, 0.15) is 5.54 Å². The Morgan fingerprint density at radius 1 is 1.43 bits per heavy atom. The lowest BCUT2D eigenvalue weighted by molar-refractivity contribution is -0.124. The van der Waals surface area contributed by atoms with Crippen LogP contribution in [-0.2, 0) is 15.1 Å². The van der Waals surface area contributed by atoms with Gasteiger partial charge in [0.05, 0.1) is 6.10 Å². The van der Waals surface area contributed by atoms with Crippen LogP contribution in [-0.4, -0.2) is 43.2 Å². The van der Waals surface area contributed by atoms with Gasteiger partial charge in [0.15, 0.2) is 0 Å². The van der Waals surface area contributed by atoms with Crippen molar-refractivity contribution in [1.82, 2.24) is 4.90 Å². The minimum absolute atomic E-state index is 0.219. The van der Waals surface area contributed by atoms with E-state index in [1.807, 2.05) is 37.3 Å². The van der Waals surface area contributed by atoms with Gasteiger partial charge >= 0.3 is 0 Å². The maximum atomic E-state index is 11.9. The van der Waals surface area contributed by atoms with E-state index < -0.39 is 11.4 Å². The SMILES string of the molecule is CCOC1CCCN(CC(N)(C(N)=O)c2ccccc2)C1. The van der Waals surface area contributed by atoms with E-state index in [-0.39, 0.29) is 6.10 Å². The second-order valence-electron chi connectivity index (χ2n) is 5.66. The molecule has 1 saturated heterocycles. The third-order valence-electron chi connectivity index (χ3n) is 4.07. The first-order chi connectivity index (χ1) is 10.1. The molecule has 2 unspecified atom stereocenters. The first-order valence-corrected chi connectivity index (χ1v) is 7.54. The van der Waals surface area contributed by atoms with Gasteiger partial charge in [-0.3, -0.25) is 9.69 Å². The molecule has 1 aromatic rings. The lowest BCUT2D eigenvalue weighted by Crippen LogP contribution is -2.58. The number of hydrogen-bond donors (Lipinski definition) is 2. The number of nitrogens with zero attached hydrogens (tertiary/aromatic N) is 1. The monoisotopic (exact) mass is 291 g/mol. The summed E-state index contributed by atoms with van der Waals surface area (Å²) in [5.74, 6) is -0.493. The van der Waals surface area contributed by atoms with E-state index in [9.17, 15) is 4.79 Å². The highest BCUT2D eigenvalue weighted by Gasteiger charge is 2.37. The molecule has 0 saturated carbocycles. The molecule has 0 aliphatic carbocycles. The van der Waals surface area contributed by atoms with Gasteiger partial charge in [-0.05, 0) is 31.9 Å². The molecule has 0 radical (unpaired) electrons. The van der Waals surface area contributed by atoms with Crippen molar-refractivity contribution in [1.29, 1.82) is 0 Å². The van der Waals surface area contributed by atoms with Crippen molar-refractivity contribution in [2.75, 3.05) is 26.2 Å². The van der Waals surface area contributed by atoms with Gasteiger partial charge in [0.2, 0.25) is 5.91 Å². The van der Waals surface area contributed by atoms with Crippen LogP contribution in [0.4, 0.5) is 0 Å². The fourth-order valence-corrected chi connectivity index (χ4v) is 2.93. The minimum Gasteiger partial charge on any atom is -0.377 e. The summed E-state index contributed by atoms with van der Waals surface area (Å²) < 4.78 is 5.70. The van der Waals surface area contributed by atoms with Crippen molar-refractivity contribution in [2.24, 2.45) is 11.5 Å². The summed E-state index contributed by atoms with van der Waals surface area (Å²) in [5.41, 5.74) is 11.5. The van der Waals surface area contributed by atoms with Crippen LogP contribution in [0.3, 0.4) is 0 Å². The number of primary amides is 1. The van der Waals surface area contributed by atoms with Crippen LogP contribution in [0.2, 0.25) is 0 Å². The Hall–Kier alpha value is -1.43. The zero-order chi connectivity index (χ0) is 15.3. The summed E-state index contributed by atoms with van der Waals surface area (Å²) >= 11 is 0. The van der Waals surface area contributed by atoms with Crippen molar-refractivity contribution < 1.29 is 9.53 Å². The molecule has 21 heavy (non-hydrogen) atoms. The van der Waals surface area contributed by atoms with Crippen molar-refractivity contribution in [3.8, 4) is 0 Å². The molecule has 4 N–H and O–H groups in total. The molecule has 0 aromatic heterocycles. The molecule has 1 heterocycles. The first-order valence-electron chi connectivity index (χ1n) is 7.54. The maximum Gasteiger partial charge on any atom is 0.243 e. The Morgan fingerprint density at radius 2 is 2.14 bits per heavy atom. The number of piperidine rings is 1. The molecule has 2 atom stereocenters. The van der Waals surface area contributed by atoms with Gasteiger partial charge in [0, 0.05) is 19.7 Å². The van der Waals surface area contributed by atoms with Crippen LogP contribution in [0.1, 0.15) is 25.3 Å². The minimum atomic E-state index is -1.16. The summed E-state index contributed by atoms with van der Waals surface area (Å²) in [7, 11) is 0. The quantitative estimate of drug-likeness (QED) is 0.813. The molecule has 5 nitrogen and oxygen atoms in total. The van der Waals surface area contributed by atoms with Crippen LogP contribution in [0.25, 0.3) is 0 Å². The molecular weight excluding hydrogens is 266 g/mol. The Bertz CT molecular complexity index is 464. The van der Waals surface area contributed by atoms with E-state index in [1.54, 1.807) is 0 Å². The molecule has 1 amide bonds. The molecule has 2 rings (SSSR count). The number of carbonyl (C=O) groups excluding carboxylic acids is 1. The Balaban J connectivity index is 2.11. The number of ether oxygens (including phenoxy) is 1. The third kappa shape index (κ3) is 3.81. The number of nitrogens with two attached hydrogens (primary N) is 2. The largest absolute Gasteiger partial charge is 0.377 e. The van der Waals surface area contributed by atoms with Crippen LogP contribution in [0.5, 0.6) is 0 Å². The molecule has 1 aliphatic rings. The third-order valence-corrected chi connectivity index (χ3v) is 4.07. The number of rotatable bonds is 6. The summed E-state index contributed by atoms with van der Waals surface area (Å²) in [6.07, 6.45) is 2.33. The van der Waals surface area contributed by atoms with Crippen LogP contribution < -0.4 is 11.5 Å². The molecule has 1 fully saturated rings. The Kier molecular flexibility index (Phi) is 5.33. The van der Waals surface area contributed by atoms with Crippen molar-refractivity contribution in [2.45, 2.75) is 31.4 Å². The molecular formula is C16H25N3O2. The second-order valence-corrected chi connectivity index (χ2v) is 5.66. The first kappa shape index (κ1) is 15.9. The number of likely N-dealkylation sites (tertiary alicyclic amines) is 1. The molecule has 1 aromatic carbocycles. The second kappa shape index (κ2) is 7.02. The summed E-state index contributed by atoms with van der Waals surface area (Å²) in [4.78, 5) is 14.1. The zero-order valence-corrected chi connectivity index (χ0v) is 12.6. The molecule has 5 heteroatoms. The summed E-state index contributed by atoms with van der Waals surface area (Å²) in [6.45, 7) is 4.85. The topological polar surface area (TPSA) is 81.6 Å². The van der Waals surface area contributed by atoms with Gasteiger partial charge in [-0.15, -0.1) is 0 Å². The van der Waals surface area contributed by atoms with Crippen LogP contribution in [0, 0.1) is 0 Å². The van der Waals surface area contributed by atoms with E-state index in [0.717, 1.165) is 31.5 Å². The highest BCUT2D eigenvalue weighted by Crippen LogP contribution is 2.22. The van der Waals surface area contributed by atoms with Crippen molar-refractivity contribution in [3.05, 3.63) is 35.9 Å². The highest BCUT2D eigenvalue weighted by molar-refractivity contribution is 5.86. The lowest BCUT2D eigenvalue weighted by Gasteiger charge is -2.38. The summed E-state index contributed by atoms with van der Waals surface area (Å²) in [5, 5.41) is 0. The van der Waals surface area contributed by atoms with Gasteiger partial charge in [0.25, 0.3) is 0 Å². The molecule has 116 valence electrons. The Morgan fingerprint density at radius 3 is 2.76 bits per heavy atom. The fraction of sp³-hybridized carbons (Fsp3) is 0.562. The van der Waals surface area contributed by atoms with Crippen LogP contribution in [0.15, 0.2) is 30.3 Å². The van der Waals surface area contributed by atoms with Gasteiger partial charge < -0.3 is 16.2 Å². The van der Waals surface area contributed by atoms with Gasteiger partial charge in [-0.25, -0.2) is 0 Å². The van der Waals surface area contributed by atoms with E-state index in [1.165, 1.54) is 0 Å². The molecule has 0 bridgehead atoms. The van der Waals surface area contributed by atoms with E-state index >= 15 is 0 Å². The number of amides is 1. The predicted molar refractivity (Wildman–Crippen MR) is 82.6 cm³/mol. The number of carbonyl (C=O) groups is 1. The normalized spacial score (nSPS) is 22.7. The van der Waals surface area contributed by atoms with E-state index in [4.69, 9.17) is 16.2 Å². The number of hydrogen-bond acceptors (Lipinski definition) is 4. The van der Waals surface area contributed by atoms with Crippen molar-refractivity contribution >= 4 is 5.91 Å². The van der Waals surface area contributed by atoms with E-state index in [0.29, 0.717) is 13.2 Å². The average Bonchev–Trinajstić information content (AvgIpc) is 2.48. The predicted octanol–water partition coefficient (Wildman–Crippen LogP) is 0.827. The van der Waals surface area contributed by atoms with Crippen molar-refractivity contribution in [3.63, 3.8) is 0 Å². The highest BCUT2D eigenvalue weighted by atomic mass is 16.5. The smallest absolute Gasteiger partial charge is 0.243 e. The number of benzene rings is 1. The fourth-order valence-electron chi connectivity index (χ4n) is 2.93. The summed E-state index contributed by atoms with van der Waals surface area (Å²) in [6, 6.07) is 9.36. The van der Waals surface area contributed by atoms with Crippen LogP contribution >= 0.6 is 0 Å². The van der Waals surface area contributed by atoms with Gasteiger partial charge in [-0.1, -0.05) is 30.3 Å². The molecule has 1 aliphatic heterocycles. The lowest BCUT2D eigenvalue weighted by atomic mass is 9.89. The maximum absolute atomic E-state index is 11.9. The van der Waals surface area contributed by atoms with Gasteiger partial charge in [-0.2, -0.15) is 0 Å². The Labute approximate surface area is 126 Å². The zero-order valence-electron chi connectivity index (χ0n) is 12.6. The average molecular weight is 291 g/mol.